The topological polar surface area (TPSA) is 54.4 Å². The third-order valence-electron chi connectivity index (χ3n) is 2.97. The maximum absolute atomic E-state index is 9.22. The van der Waals surface area contributed by atoms with Crippen LogP contribution in [-0.2, 0) is 11.2 Å². The van der Waals surface area contributed by atoms with Gasteiger partial charge in [-0.05, 0) is 24.6 Å². The quantitative estimate of drug-likeness (QED) is 0.676. The number of pyridine rings is 1. The molecule has 1 aromatic rings. The molecule has 0 radical (unpaired) electrons. The SMILES string of the molecule is OCC1(CNCCc2cccnc2)COC1. The van der Waals surface area contributed by atoms with Crippen LogP contribution in [0.4, 0.5) is 0 Å². The highest BCUT2D eigenvalue weighted by atomic mass is 16.5. The number of aromatic nitrogens is 1. The molecule has 2 N–H and O–H groups in total. The molecule has 0 saturated carbocycles. The van der Waals surface area contributed by atoms with Gasteiger partial charge in [0.15, 0.2) is 0 Å². The first-order valence-electron chi connectivity index (χ1n) is 5.63. The van der Waals surface area contributed by atoms with E-state index in [1.165, 1.54) is 5.56 Å². The molecule has 1 aliphatic rings. The summed E-state index contributed by atoms with van der Waals surface area (Å²) in [4.78, 5) is 4.07. The second kappa shape index (κ2) is 5.39. The van der Waals surface area contributed by atoms with Crippen molar-refractivity contribution in [2.75, 3.05) is 32.9 Å². The van der Waals surface area contributed by atoms with E-state index < -0.39 is 0 Å². The summed E-state index contributed by atoms with van der Waals surface area (Å²) in [5, 5.41) is 12.6. The lowest BCUT2D eigenvalue weighted by Crippen LogP contribution is -2.52. The number of nitrogens with one attached hydrogen (secondary N) is 1. The van der Waals surface area contributed by atoms with Gasteiger partial charge < -0.3 is 15.2 Å². The summed E-state index contributed by atoms with van der Waals surface area (Å²) in [6.45, 7) is 3.27. The van der Waals surface area contributed by atoms with Crippen molar-refractivity contribution in [1.29, 1.82) is 0 Å². The number of hydrogen-bond donors (Lipinski definition) is 2. The lowest BCUT2D eigenvalue weighted by Gasteiger charge is -2.40. The zero-order valence-corrected chi connectivity index (χ0v) is 9.35. The van der Waals surface area contributed by atoms with Crippen LogP contribution in [0, 0.1) is 5.41 Å². The van der Waals surface area contributed by atoms with Crippen molar-refractivity contribution in [2.24, 2.45) is 5.41 Å². The fraction of sp³-hybridized carbons (Fsp3) is 0.583. The average molecular weight is 222 g/mol. The van der Waals surface area contributed by atoms with Crippen molar-refractivity contribution in [3.05, 3.63) is 30.1 Å². The zero-order chi connectivity index (χ0) is 11.3. The summed E-state index contributed by atoms with van der Waals surface area (Å²) in [6.07, 6.45) is 4.63. The van der Waals surface area contributed by atoms with Gasteiger partial charge in [-0.15, -0.1) is 0 Å². The molecule has 2 rings (SSSR count). The molecule has 1 fully saturated rings. The van der Waals surface area contributed by atoms with Crippen LogP contribution in [0.25, 0.3) is 0 Å². The zero-order valence-electron chi connectivity index (χ0n) is 9.35. The standard InChI is InChI=1S/C12H18N2O2/c15-8-12(9-16-10-12)7-14-5-3-11-2-1-4-13-6-11/h1-2,4,6,14-15H,3,5,7-10H2. The molecule has 88 valence electrons. The molecular weight excluding hydrogens is 204 g/mol. The summed E-state index contributed by atoms with van der Waals surface area (Å²) in [5.74, 6) is 0. The summed E-state index contributed by atoms with van der Waals surface area (Å²) in [7, 11) is 0. The van der Waals surface area contributed by atoms with Crippen molar-refractivity contribution in [1.82, 2.24) is 10.3 Å². The van der Waals surface area contributed by atoms with E-state index in [1.807, 2.05) is 12.3 Å². The van der Waals surface area contributed by atoms with Crippen molar-refractivity contribution in [3.63, 3.8) is 0 Å². The molecule has 16 heavy (non-hydrogen) atoms. The Kier molecular flexibility index (Phi) is 3.88. The Morgan fingerprint density at radius 2 is 2.38 bits per heavy atom. The molecule has 1 aliphatic heterocycles. The minimum Gasteiger partial charge on any atom is -0.396 e. The molecule has 0 spiro atoms. The van der Waals surface area contributed by atoms with E-state index in [1.54, 1.807) is 6.20 Å². The van der Waals surface area contributed by atoms with Crippen LogP contribution in [0.2, 0.25) is 0 Å². The Bertz CT molecular complexity index is 307. The third-order valence-corrected chi connectivity index (χ3v) is 2.97. The molecule has 0 atom stereocenters. The summed E-state index contributed by atoms with van der Waals surface area (Å²) in [5.41, 5.74) is 1.20. The minimum atomic E-state index is -0.0328. The minimum absolute atomic E-state index is 0.0328. The first-order chi connectivity index (χ1) is 7.85. The van der Waals surface area contributed by atoms with Gasteiger partial charge in [-0.3, -0.25) is 4.98 Å². The van der Waals surface area contributed by atoms with Crippen molar-refractivity contribution >= 4 is 0 Å². The molecule has 4 nitrogen and oxygen atoms in total. The summed E-state index contributed by atoms with van der Waals surface area (Å²) < 4.78 is 5.13. The van der Waals surface area contributed by atoms with Crippen LogP contribution in [0.15, 0.2) is 24.5 Å². The van der Waals surface area contributed by atoms with Gasteiger partial charge in [-0.1, -0.05) is 6.07 Å². The van der Waals surface area contributed by atoms with Gasteiger partial charge in [0.2, 0.25) is 0 Å². The smallest absolute Gasteiger partial charge is 0.0579 e. The van der Waals surface area contributed by atoms with Crippen molar-refractivity contribution in [2.45, 2.75) is 6.42 Å². The van der Waals surface area contributed by atoms with Crippen LogP contribution in [-0.4, -0.2) is 43.0 Å². The number of rotatable bonds is 6. The van der Waals surface area contributed by atoms with E-state index in [2.05, 4.69) is 16.4 Å². The molecule has 0 amide bonds. The highest BCUT2D eigenvalue weighted by Crippen LogP contribution is 2.25. The molecule has 0 aliphatic carbocycles. The fourth-order valence-corrected chi connectivity index (χ4v) is 1.77. The van der Waals surface area contributed by atoms with Crippen LogP contribution >= 0.6 is 0 Å². The van der Waals surface area contributed by atoms with Gasteiger partial charge in [0.05, 0.1) is 25.2 Å². The summed E-state index contributed by atoms with van der Waals surface area (Å²) in [6, 6.07) is 4.02. The van der Waals surface area contributed by atoms with E-state index in [9.17, 15) is 5.11 Å². The van der Waals surface area contributed by atoms with Crippen molar-refractivity contribution < 1.29 is 9.84 Å². The Hall–Kier alpha value is -0.970. The van der Waals surface area contributed by atoms with E-state index >= 15 is 0 Å². The molecular formula is C12H18N2O2. The predicted molar refractivity (Wildman–Crippen MR) is 61.1 cm³/mol. The van der Waals surface area contributed by atoms with Gasteiger partial charge in [-0.25, -0.2) is 0 Å². The Balaban J connectivity index is 1.65. The number of hydrogen-bond acceptors (Lipinski definition) is 4. The molecule has 1 saturated heterocycles. The third kappa shape index (κ3) is 2.78. The van der Waals surface area contributed by atoms with Gasteiger partial charge in [0.1, 0.15) is 0 Å². The molecule has 0 aromatic carbocycles. The number of aliphatic hydroxyl groups excluding tert-OH is 1. The second-order valence-corrected chi connectivity index (χ2v) is 4.44. The first-order valence-corrected chi connectivity index (χ1v) is 5.63. The van der Waals surface area contributed by atoms with Gasteiger partial charge in [0.25, 0.3) is 0 Å². The monoisotopic (exact) mass is 222 g/mol. The highest BCUT2D eigenvalue weighted by Gasteiger charge is 2.37. The maximum Gasteiger partial charge on any atom is 0.0579 e. The van der Waals surface area contributed by atoms with Gasteiger partial charge >= 0.3 is 0 Å². The van der Waals surface area contributed by atoms with E-state index in [0.29, 0.717) is 13.2 Å². The fourth-order valence-electron chi connectivity index (χ4n) is 1.77. The molecule has 1 aromatic heterocycles. The van der Waals surface area contributed by atoms with Gasteiger partial charge in [-0.2, -0.15) is 0 Å². The lowest BCUT2D eigenvalue weighted by molar-refractivity contribution is -0.134. The maximum atomic E-state index is 9.22. The highest BCUT2D eigenvalue weighted by molar-refractivity contribution is 5.08. The lowest BCUT2D eigenvalue weighted by atomic mass is 9.87. The first kappa shape index (κ1) is 11.5. The van der Waals surface area contributed by atoms with Gasteiger partial charge in [0, 0.05) is 18.9 Å². The summed E-state index contributed by atoms with van der Waals surface area (Å²) >= 11 is 0. The van der Waals surface area contributed by atoms with Crippen LogP contribution in [0.5, 0.6) is 0 Å². The van der Waals surface area contributed by atoms with Crippen LogP contribution in [0.3, 0.4) is 0 Å². The normalized spacial score (nSPS) is 18.1. The Labute approximate surface area is 95.7 Å². The predicted octanol–water partition coefficient (Wildman–Crippen LogP) is 0.223. The number of ether oxygens (including phenoxy) is 1. The number of nitrogens with zero attached hydrogens (tertiary/aromatic N) is 1. The molecule has 0 bridgehead atoms. The Morgan fingerprint density at radius 3 is 2.94 bits per heavy atom. The largest absolute Gasteiger partial charge is 0.396 e. The van der Waals surface area contributed by atoms with E-state index in [4.69, 9.17) is 4.74 Å². The van der Waals surface area contributed by atoms with Crippen molar-refractivity contribution in [3.8, 4) is 0 Å². The second-order valence-electron chi connectivity index (χ2n) is 4.44. The van der Waals surface area contributed by atoms with E-state index in [0.717, 1.165) is 19.5 Å². The Morgan fingerprint density at radius 1 is 1.50 bits per heavy atom. The van der Waals surface area contributed by atoms with E-state index in [-0.39, 0.29) is 12.0 Å². The molecule has 4 heteroatoms. The average Bonchev–Trinajstić information content (AvgIpc) is 2.29. The molecule has 2 heterocycles. The number of aliphatic hydroxyl groups is 1. The van der Waals surface area contributed by atoms with Crippen LogP contribution in [0.1, 0.15) is 5.56 Å². The molecule has 0 unspecified atom stereocenters. The van der Waals surface area contributed by atoms with Crippen LogP contribution < -0.4 is 5.32 Å².